The van der Waals surface area contributed by atoms with Gasteiger partial charge in [-0.1, -0.05) is 25.5 Å². The van der Waals surface area contributed by atoms with Crippen LogP contribution in [0.4, 0.5) is 10.8 Å². The highest BCUT2D eigenvalue weighted by atomic mass is 32.1. The van der Waals surface area contributed by atoms with Gasteiger partial charge in [0, 0.05) is 11.1 Å². The first-order valence-corrected chi connectivity index (χ1v) is 7.50. The van der Waals surface area contributed by atoms with Crippen molar-refractivity contribution in [3.63, 3.8) is 0 Å². The lowest BCUT2D eigenvalue weighted by molar-refractivity contribution is 0.0595. The molecule has 20 heavy (non-hydrogen) atoms. The Morgan fingerprint density at radius 2 is 2.10 bits per heavy atom. The van der Waals surface area contributed by atoms with Gasteiger partial charge in [-0.3, -0.25) is 0 Å². The Hall–Kier alpha value is -1.88. The van der Waals surface area contributed by atoms with E-state index in [9.17, 15) is 4.79 Å². The van der Waals surface area contributed by atoms with Crippen LogP contribution in [-0.2, 0) is 11.2 Å². The highest BCUT2D eigenvalue weighted by Gasteiger charge is 2.10. The quantitative estimate of drug-likeness (QED) is 0.816. The Balaban J connectivity index is 1.99. The summed E-state index contributed by atoms with van der Waals surface area (Å²) in [5.74, 6) is -0.413. The number of carbonyl (C=O) groups excluding carboxylic acids is 1. The molecule has 1 aromatic heterocycles. The molecule has 0 amide bonds. The molecule has 0 fully saturated rings. The normalized spacial score (nSPS) is 10.3. The van der Waals surface area contributed by atoms with E-state index in [2.05, 4.69) is 34.1 Å². The predicted molar refractivity (Wildman–Crippen MR) is 81.8 cm³/mol. The third-order valence-corrected chi connectivity index (χ3v) is 3.68. The number of aromatic nitrogens is 1. The van der Waals surface area contributed by atoms with Gasteiger partial charge in [-0.15, -0.1) is 11.3 Å². The molecule has 0 saturated heterocycles. The number of benzene rings is 1. The fourth-order valence-electron chi connectivity index (χ4n) is 1.79. The van der Waals surface area contributed by atoms with Crippen molar-refractivity contribution in [3.8, 4) is 0 Å². The Morgan fingerprint density at radius 1 is 1.35 bits per heavy atom. The summed E-state index contributed by atoms with van der Waals surface area (Å²) in [4.78, 5) is 15.5. The molecule has 0 aliphatic carbocycles. The molecule has 0 saturated carbocycles. The fourth-order valence-corrected chi connectivity index (χ4v) is 2.49. The second kappa shape index (κ2) is 7.05. The number of unbranched alkanes of at least 4 members (excludes halogenated alkanes) is 1. The average Bonchev–Trinajstić information content (AvgIpc) is 2.94. The molecule has 5 heteroatoms. The number of esters is 1. The molecule has 1 aromatic carbocycles. The zero-order valence-corrected chi connectivity index (χ0v) is 12.5. The second-order valence-corrected chi connectivity index (χ2v) is 5.31. The van der Waals surface area contributed by atoms with E-state index in [-0.39, 0.29) is 0 Å². The maximum atomic E-state index is 11.3. The Labute approximate surface area is 122 Å². The smallest absolute Gasteiger partial charge is 0.357 e. The molecule has 0 atom stereocenters. The van der Waals surface area contributed by atoms with E-state index in [0.29, 0.717) is 10.8 Å². The largest absolute Gasteiger partial charge is 0.464 e. The van der Waals surface area contributed by atoms with E-state index in [0.717, 1.165) is 12.1 Å². The van der Waals surface area contributed by atoms with Crippen molar-refractivity contribution in [1.29, 1.82) is 0 Å². The van der Waals surface area contributed by atoms with Gasteiger partial charge in [0.2, 0.25) is 0 Å². The first-order valence-electron chi connectivity index (χ1n) is 6.62. The molecule has 0 radical (unpaired) electrons. The number of nitrogens with one attached hydrogen (secondary N) is 1. The van der Waals surface area contributed by atoms with E-state index in [1.54, 1.807) is 5.38 Å². The number of methoxy groups -OCH3 is 1. The molecule has 0 spiro atoms. The number of rotatable bonds is 6. The van der Waals surface area contributed by atoms with Gasteiger partial charge in [0.15, 0.2) is 10.8 Å². The zero-order valence-electron chi connectivity index (χ0n) is 11.7. The van der Waals surface area contributed by atoms with Gasteiger partial charge in [-0.2, -0.15) is 0 Å². The van der Waals surface area contributed by atoms with Crippen LogP contribution >= 0.6 is 11.3 Å². The topological polar surface area (TPSA) is 51.2 Å². The standard InChI is InChI=1S/C15H18N2O2S/c1-3-4-5-11-6-8-12(9-7-11)16-15-17-13(10-20-15)14(18)19-2/h6-10H,3-5H2,1-2H3,(H,16,17). The summed E-state index contributed by atoms with van der Waals surface area (Å²) in [6.07, 6.45) is 3.53. The third kappa shape index (κ3) is 3.81. The first kappa shape index (κ1) is 14.5. The molecule has 0 bridgehead atoms. The highest BCUT2D eigenvalue weighted by Crippen LogP contribution is 2.22. The van der Waals surface area contributed by atoms with Crippen molar-refractivity contribution in [1.82, 2.24) is 4.98 Å². The molecule has 2 aromatic rings. The van der Waals surface area contributed by atoms with Crippen LogP contribution in [0.1, 0.15) is 35.8 Å². The molecule has 0 unspecified atom stereocenters. The van der Waals surface area contributed by atoms with Crippen LogP contribution in [0.15, 0.2) is 29.6 Å². The van der Waals surface area contributed by atoms with Gasteiger partial charge in [0.05, 0.1) is 7.11 Å². The monoisotopic (exact) mass is 290 g/mol. The first-order chi connectivity index (χ1) is 9.72. The minimum absolute atomic E-state index is 0.333. The van der Waals surface area contributed by atoms with Crippen LogP contribution in [0.3, 0.4) is 0 Å². The van der Waals surface area contributed by atoms with E-state index in [1.165, 1.54) is 36.9 Å². The SMILES string of the molecule is CCCCc1ccc(Nc2nc(C(=O)OC)cs2)cc1. The number of ether oxygens (including phenoxy) is 1. The van der Waals surface area contributed by atoms with Gasteiger partial charge >= 0.3 is 5.97 Å². The molecule has 4 nitrogen and oxygen atoms in total. The van der Waals surface area contributed by atoms with Gasteiger partial charge in [-0.25, -0.2) is 9.78 Å². The minimum Gasteiger partial charge on any atom is -0.464 e. The molecular weight excluding hydrogens is 272 g/mol. The molecule has 1 N–H and O–H groups in total. The number of aryl methyl sites for hydroxylation is 1. The fraction of sp³-hybridized carbons (Fsp3) is 0.333. The Bertz CT molecular complexity index is 564. The van der Waals surface area contributed by atoms with Crippen LogP contribution in [0.2, 0.25) is 0 Å². The predicted octanol–water partition coefficient (Wildman–Crippen LogP) is 4.02. The summed E-state index contributed by atoms with van der Waals surface area (Å²) >= 11 is 1.38. The summed E-state index contributed by atoms with van der Waals surface area (Å²) in [7, 11) is 1.35. The Kier molecular flexibility index (Phi) is 5.12. The van der Waals surface area contributed by atoms with E-state index < -0.39 is 5.97 Å². The van der Waals surface area contributed by atoms with Crippen LogP contribution in [-0.4, -0.2) is 18.1 Å². The van der Waals surface area contributed by atoms with Gasteiger partial charge < -0.3 is 10.1 Å². The average molecular weight is 290 g/mol. The molecular formula is C15H18N2O2S. The lowest BCUT2D eigenvalue weighted by atomic mass is 10.1. The molecule has 2 rings (SSSR count). The summed E-state index contributed by atoms with van der Waals surface area (Å²) in [5, 5.41) is 5.56. The van der Waals surface area contributed by atoms with E-state index in [1.807, 2.05) is 12.1 Å². The highest BCUT2D eigenvalue weighted by molar-refractivity contribution is 7.14. The van der Waals surface area contributed by atoms with Crippen LogP contribution in [0, 0.1) is 0 Å². The number of hydrogen-bond donors (Lipinski definition) is 1. The van der Waals surface area contributed by atoms with Crippen molar-refractivity contribution >= 4 is 28.1 Å². The Morgan fingerprint density at radius 3 is 2.75 bits per heavy atom. The van der Waals surface area contributed by atoms with Crippen molar-refractivity contribution in [2.24, 2.45) is 0 Å². The van der Waals surface area contributed by atoms with E-state index in [4.69, 9.17) is 0 Å². The van der Waals surface area contributed by atoms with Crippen molar-refractivity contribution in [2.75, 3.05) is 12.4 Å². The summed E-state index contributed by atoms with van der Waals surface area (Å²) in [5.41, 5.74) is 2.64. The zero-order chi connectivity index (χ0) is 14.4. The van der Waals surface area contributed by atoms with Gasteiger partial charge in [0.1, 0.15) is 0 Å². The summed E-state index contributed by atoms with van der Waals surface area (Å²) in [6, 6.07) is 8.30. The minimum atomic E-state index is -0.413. The van der Waals surface area contributed by atoms with Crippen LogP contribution < -0.4 is 5.32 Å². The number of nitrogens with zero attached hydrogens (tertiary/aromatic N) is 1. The van der Waals surface area contributed by atoms with Gasteiger partial charge in [-0.05, 0) is 30.5 Å². The third-order valence-electron chi connectivity index (χ3n) is 2.92. The molecule has 0 aliphatic rings. The van der Waals surface area contributed by atoms with E-state index >= 15 is 0 Å². The van der Waals surface area contributed by atoms with Crippen molar-refractivity contribution in [3.05, 3.63) is 40.9 Å². The number of thiazole rings is 1. The number of carbonyl (C=O) groups is 1. The lowest BCUT2D eigenvalue weighted by Crippen LogP contribution is -2.01. The maximum absolute atomic E-state index is 11.3. The number of hydrogen-bond acceptors (Lipinski definition) is 5. The van der Waals surface area contributed by atoms with Crippen LogP contribution in [0.5, 0.6) is 0 Å². The second-order valence-electron chi connectivity index (χ2n) is 4.45. The van der Waals surface area contributed by atoms with Crippen molar-refractivity contribution < 1.29 is 9.53 Å². The molecule has 1 heterocycles. The summed E-state index contributed by atoms with van der Waals surface area (Å²) < 4.78 is 4.63. The lowest BCUT2D eigenvalue weighted by Gasteiger charge is -2.04. The van der Waals surface area contributed by atoms with Crippen LogP contribution in [0.25, 0.3) is 0 Å². The summed E-state index contributed by atoms with van der Waals surface area (Å²) in [6.45, 7) is 2.19. The van der Waals surface area contributed by atoms with Crippen molar-refractivity contribution in [2.45, 2.75) is 26.2 Å². The molecule has 106 valence electrons. The maximum Gasteiger partial charge on any atom is 0.357 e. The number of anilines is 2. The van der Waals surface area contributed by atoms with Gasteiger partial charge in [0.25, 0.3) is 0 Å². The molecule has 0 aliphatic heterocycles.